The van der Waals surface area contributed by atoms with E-state index in [1.807, 2.05) is 0 Å². The normalized spacial score (nSPS) is 14.3. The van der Waals surface area contributed by atoms with Crippen LogP contribution in [0.4, 0.5) is 4.39 Å². The molecule has 0 unspecified atom stereocenters. The monoisotopic (exact) mass is 329 g/mol. The summed E-state index contributed by atoms with van der Waals surface area (Å²) < 4.78 is 24.2. The number of rotatable bonds is 3. The van der Waals surface area contributed by atoms with Gasteiger partial charge in [0, 0.05) is 10.6 Å². The van der Waals surface area contributed by atoms with Crippen LogP contribution in [0.15, 0.2) is 16.9 Å². The standard InChI is InChI=1S/C14H10Cl2FNO3/c1-6-8(5-20-18-6)14(19)21-13-10(16)4-9(15)11(12(13)17)7-2-3-7/h4-5,7H,2-3H2,1H3. The zero-order chi connectivity index (χ0) is 15.1. The molecular formula is C14H10Cl2FNO3. The minimum absolute atomic E-state index is 0.0515. The van der Waals surface area contributed by atoms with Crippen molar-refractivity contribution in [2.75, 3.05) is 0 Å². The molecule has 4 nitrogen and oxygen atoms in total. The summed E-state index contributed by atoms with van der Waals surface area (Å²) in [4.78, 5) is 12.0. The third-order valence-electron chi connectivity index (χ3n) is 3.31. The van der Waals surface area contributed by atoms with Gasteiger partial charge in [-0.15, -0.1) is 0 Å². The fraction of sp³-hybridized carbons (Fsp3) is 0.286. The lowest BCUT2D eigenvalue weighted by Gasteiger charge is -2.11. The molecule has 0 atom stereocenters. The summed E-state index contributed by atoms with van der Waals surface area (Å²) in [5, 5.41) is 3.77. The topological polar surface area (TPSA) is 52.3 Å². The maximum atomic E-state index is 14.5. The van der Waals surface area contributed by atoms with Gasteiger partial charge < -0.3 is 9.26 Å². The highest BCUT2D eigenvalue weighted by Crippen LogP contribution is 2.48. The van der Waals surface area contributed by atoms with Gasteiger partial charge in [0.1, 0.15) is 11.8 Å². The molecule has 7 heteroatoms. The molecule has 0 saturated heterocycles. The van der Waals surface area contributed by atoms with E-state index >= 15 is 0 Å². The van der Waals surface area contributed by atoms with E-state index < -0.39 is 11.8 Å². The average Bonchev–Trinajstić information content (AvgIpc) is 3.15. The van der Waals surface area contributed by atoms with E-state index in [0.717, 1.165) is 19.1 Å². The van der Waals surface area contributed by atoms with Crippen molar-refractivity contribution >= 4 is 29.2 Å². The molecule has 1 aliphatic carbocycles. The Morgan fingerprint density at radius 3 is 2.71 bits per heavy atom. The quantitative estimate of drug-likeness (QED) is 0.613. The molecule has 0 N–H and O–H groups in total. The van der Waals surface area contributed by atoms with Crippen LogP contribution >= 0.6 is 23.2 Å². The Morgan fingerprint density at radius 2 is 2.14 bits per heavy atom. The molecule has 0 aliphatic heterocycles. The number of hydrogen-bond donors (Lipinski definition) is 0. The van der Waals surface area contributed by atoms with E-state index in [1.54, 1.807) is 6.92 Å². The summed E-state index contributed by atoms with van der Waals surface area (Å²) in [6.45, 7) is 1.58. The highest BCUT2D eigenvalue weighted by molar-refractivity contribution is 6.36. The van der Waals surface area contributed by atoms with Crippen molar-refractivity contribution in [2.24, 2.45) is 0 Å². The van der Waals surface area contributed by atoms with Gasteiger partial charge in [-0.1, -0.05) is 28.4 Å². The van der Waals surface area contributed by atoms with Gasteiger partial charge in [-0.2, -0.15) is 0 Å². The molecule has 1 aromatic carbocycles. The fourth-order valence-corrected chi connectivity index (χ4v) is 2.70. The van der Waals surface area contributed by atoms with Crippen molar-refractivity contribution in [3.8, 4) is 5.75 Å². The lowest BCUT2D eigenvalue weighted by Crippen LogP contribution is -2.11. The van der Waals surface area contributed by atoms with E-state index in [2.05, 4.69) is 9.68 Å². The predicted octanol–water partition coefficient (Wildman–Crippen LogP) is 4.53. The number of ether oxygens (including phenoxy) is 1. The van der Waals surface area contributed by atoms with Crippen LogP contribution in [0, 0.1) is 12.7 Å². The van der Waals surface area contributed by atoms with Crippen molar-refractivity contribution < 1.29 is 18.4 Å². The van der Waals surface area contributed by atoms with Crippen LogP contribution in [0.2, 0.25) is 10.0 Å². The van der Waals surface area contributed by atoms with Gasteiger partial charge >= 0.3 is 5.97 Å². The zero-order valence-electron chi connectivity index (χ0n) is 11.0. The number of hydrogen-bond acceptors (Lipinski definition) is 4. The van der Waals surface area contributed by atoms with Gasteiger partial charge in [0.05, 0.1) is 10.7 Å². The second kappa shape index (κ2) is 5.31. The third kappa shape index (κ3) is 2.63. The molecule has 0 radical (unpaired) electrons. The van der Waals surface area contributed by atoms with E-state index in [-0.39, 0.29) is 27.3 Å². The Bertz CT molecular complexity index is 725. The van der Waals surface area contributed by atoms with Crippen molar-refractivity contribution in [3.05, 3.63) is 45.0 Å². The number of esters is 1. The SMILES string of the molecule is Cc1nocc1C(=O)Oc1c(Cl)cc(Cl)c(C2CC2)c1F. The summed E-state index contributed by atoms with van der Waals surface area (Å²) in [5.41, 5.74) is 0.826. The van der Waals surface area contributed by atoms with Crippen LogP contribution in [-0.4, -0.2) is 11.1 Å². The number of carbonyl (C=O) groups excluding carboxylic acids is 1. The molecule has 21 heavy (non-hydrogen) atoms. The Kier molecular flexibility index (Phi) is 3.63. The number of benzene rings is 1. The molecule has 1 heterocycles. The van der Waals surface area contributed by atoms with Crippen molar-refractivity contribution in [1.82, 2.24) is 5.16 Å². The summed E-state index contributed by atoms with van der Waals surface area (Å²) in [6, 6.07) is 1.39. The summed E-state index contributed by atoms with van der Waals surface area (Å²) in [5.74, 6) is -1.71. The van der Waals surface area contributed by atoms with Gasteiger partial charge in [-0.25, -0.2) is 9.18 Å². The van der Waals surface area contributed by atoms with Gasteiger partial charge in [0.15, 0.2) is 11.6 Å². The van der Waals surface area contributed by atoms with E-state index in [0.29, 0.717) is 11.3 Å². The maximum Gasteiger partial charge on any atom is 0.348 e. The first-order chi connectivity index (χ1) is 9.99. The number of aromatic nitrogens is 1. The molecule has 1 aromatic heterocycles. The molecule has 0 bridgehead atoms. The number of halogens is 3. The summed E-state index contributed by atoms with van der Waals surface area (Å²) in [6.07, 6.45) is 2.86. The van der Waals surface area contributed by atoms with Crippen LogP contribution in [0.3, 0.4) is 0 Å². The van der Waals surface area contributed by atoms with Gasteiger partial charge in [0.25, 0.3) is 0 Å². The first-order valence-corrected chi connectivity index (χ1v) is 7.05. The van der Waals surface area contributed by atoms with Crippen molar-refractivity contribution in [2.45, 2.75) is 25.7 Å². The second-order valence-electron chi connectivity index (χ2n) is 4.87. The second-order valence-corrected chi connectivity index (χ2v) is 5.69. The lowest BCUT2D eigenvalue weighted by molar-refractivity contribution is 0.0726. The summed E-state index contributed by atoms with van der Waals surface area (Å²) >= 11 is 11.9. The average molecular weight is 330 g/mol. The molecule has 110 valence electrons. The van der Waals surface area contributed by atoms with Gasteiger partial charge in [0.2, 0.25) is 0 Å². The number of nitrogens with zero attached hydrogens (tertiary/aromatic N) is 1. The van der Waals surface area contributed by atoms with E-state index in [9.17, 15) is 9.18 Å². The first kappa shape index (κ1) is 14.4. The molecule has 3 rings (SSSR count). The minimum Gasteiger partial charge on any atom is -0.418 e. The molecule has 1 aliphatic rings. The smallest absolute Gasteiger partial charge is 0.348 e. The molecule has 1 fully saturated rings. The highest BCUT2D eigenvalue weighted by Gasteiger charge is 2.32. The number of carbonyl (C=O) groups is 1. The Labute approximate surface area is 129 Å². The predicted molar refractivity (Wildman–Crippen MR) is 74.6 cm³/mol. The largest absolute Gasteiger partial charge is 0.418 e. The lowest BCUT2D eigenvalue weighted by atomic mass is 10.1. The highest BCUT2D eigenvalue weighted by atomic mass is 35.5. The number of aryl methyl sites for hydroxylation is 1. The van der Waals surface area contributed by atoms with Gasteiger partial charge in [-0.05, 0) is 31.7 Å². The molecule has 1 saturated carbocycles. The summed E-state index contributed by atoms with van der Waals surface area (Å²) in [7, 11) is 0. The fourth-order valence-electron chi connectivity index (χ4n) is 2.06. The molecular weight excluding hydrogens is 320 g/mol. The maximum absolute atomic E-state index is 14.5. The Morgan fingerprint density at radius 1 is 1.43 bits per heavy atom. The van der Waals surface area contributed by atoms with E-state index in [4.69, 9.17) is 27.9 Å². The Hall–Kier alpha value is -1.59. The van der Waals surface area contributed by atoms with Gasteiger partial charge in [-0.3, -0.25) is 0 Å². The van der Waals surface area contributed by atoms with Crippen LogP contribution in [0.5, 0.6) is 5.75 Å². The zero-order valence-corrected chi connectivity index (χ0v) is 12.5. The molecule has 0 spiro atoms. The van der Waals surface area contributed by atoms with Crippen LogP contribution in [-0.2, 0) is 0 Å². The van der Waals surface area contributed by atoms with Crippen molar-refractivity contribution in [3.63, 3.8) is 0 Å². The van der Waals surface area contributed by atoms with E-state index in [1.165, 1.54) is 6.07 Å². The van der Waals surface area contributed by atoms with Crippen LogP contribution in [0.25, 0.3) is 0 Å². The Balaban J connectivity index is 1.97. The third-order valence-corrected chi connectivity index (χ3v) is 3.91. The van der Waals surface area contributed by atoms with Crippen molar-refractivity contribution in [1.29, 1.82) is 0 Å². The molecule has 0 amide bonds. The van der Waals surface area contributed by atoms with Crippen LogP contribution < -0.4 is 4.74 Å². The minimum atomic E-state index is -0.779. The van der Waals surface area contributed by atoms with Crippen LogP contribution in [0.1, 0.15) is 40.4 Å². The molecule has 2 aromatic rings. The first-order valence-electron chi connectivity index (χ1n) is 6.29.